The number of fused-ring (bicyclic) bond motifs is 1. The molecule has 2 heteroatoms. The minimum absolute atomic E-state index is 1.03. The van der Waals surface area contributed by atoms with E-state index in [1.165, 1.54) is 16.5 Å². The van der Waals surface area contributed by atoms with E-state index in [1.54, 1.807) is 0 Å². The van der Waals surface area contributed by atoms with Crippen molar-refractivity contribution in [2.45, 2.75) is 0 Å². The highest BCUT2D eigenvalue weighted by Crippen LogP contribution is 2.14. The molecule has 0 aliphatic heterocycles. The number of hydrogen-bond donors (Lipinski definition) is 0. The fraction of sp³-hybridized carbons (Fsp3) is 0.150. The summed E-state index contributed by atoms with van der Waals surface area (Å²) in [4.78, 5) is 2.08. The van der Waals surface area contributed by atoms with E-state index >= 15 is 0 Å². The van der Waals surface area contributed by atoms with Gasteiger partial charge in [0.2, 0.25) is 0 Å². The second-order valence-corrected chi connectivity index (χ2v) is 5.65. The molecular formula is C20H19N2+. The van der Waals surface area contributed by atoms with Gasteiger partial charge in [-0.05, 0) is 47.9 Å². The highest BCUT2D eigenvalue weighted by atomic mass is 15.1. The maximum absolute atomic E-state index is 3.25. The van der Waals surface area contributed by atoms with Gasteiger partial charge in [0.05, 0.1) is 0 Å². The SMILES string of the molecule is CN(C)c1ccc(C#Cc2ccc3c[n+](C)ccc3c2)cc1. The van der Waals surface area contributed by atoms with E-state index < -0.39 is 0 Å². The van der Waals surface area contributed by atoms with E-state index in [4.69, 9.17) is 0 Å². The van der Waals surface area contributed by atoms with E-state index in [-0.39, 0.29) is 0 Å². The second-order valence-electron chi connectivity index (χ2n) is 5.65. The first-order valence-electron chi connectivity index (χ1n) is 7.30. The molecular weight excluding hydrogens is 268 g/mol. The van der Waals surface area contributed by atoms with E-state index in [2.05, 4.69) is 82.2 Å². The summed E-state index contributed by atoms with van der Waals surface area (Å²) >= 11 is 0. The van der Waals surface area contributed by atoms with Crippen LogP contribution in [0.1, 0.15) is 11.1 Å². The van der Waals surface area contributed by atoms with Gasteiger partial charge in [-0.25, -0.2) is 4.57 Å². The standard InChI is InChI=1S/C20H19N2/c1-21(2)20-10-7-16(8-11-20)4-5-17-6-9-19-15-22(3)13-12-18(19)14-17/h6-15H,1-3H3/q+1. The van der Waals surface area contributed by atoms with Crippen LogP contribution in [0.4, 0.5) is 5.69 Å². The maximum Gasteiger partial charge on any atom is 0.176 e. The Morgan fingerprint density at radius 3 is 2.23 bits per heavy atom. The lowest BCUT2D eigenvalue weighted by Gasteiger charge is -2.11. The van der Waals surface area contributed by atoms with Crippen LogP contribution in [0.2, 0.25) is 0 Å². The Morgan fingerprint density at radius 1 is 0.818 bits per heavy atom. The average molecular weight is 287 g/mol. The minimum atomic E-state index is 1.03. The number of aryl methyl sites for hydroxylation is 1. The van der Waals surface area contributed by atoms with Crippen LogP contribution in [-0.2, 0) is 7.05 Å². The lowest BCUT2D eigenvalue weighted by atomic mass is 10.1. The van der Waals surface area contributed by atoms with Gasteiger partial charge in [0.1, 0.15) is 7.05 Å². The smallest absolute Gasteiger partial charge is 0.176 e. The zero-order chi connectivity index (χ0) is 15.5. The Balaban J connectivity index is 1.88. The van der Waals surface area contributed by atoms with Crippen LogP contribution >= 0.6 is 0 Å². The van der Waals surface area contributed by atoms with Crippen molar-refractivity contribution < 1.29 is 4.57 Å². The van der Waals surface area contributed by atoms with Crippen molar-refractivity contribution in [3.8, 4) is 11.8 Å². The van der Waals surface area contributed by atoms with Crippen LogP contribution in [-0.4, -0.2) is 14.1 Å². The highest BCUT2D eigenvalue weighted by Gasteiger charge is 1.99. The maximum atomic E-state index is 3.25. The minimum Gasteiger partial charge on any atom is -0.378 e. The first-order valence-corrected chi connectivity index (χ1v) is 7.30. The molecule has 0 aliphatic carbocycles. The molecule has 0 unspecified atom stereocenters. The molecule has 108 valence electrons. The van der Waals surface area contributed by atoms with E-state index in [1.807, 2.05) is 21.1 Å². The Morgan fingerprint density at radius 2 is 1.50 bits per heavy atom. The molecule has 0 fully saturated rings. The first-order chi connectivity index (χ1) is 10.6. The summed E-state index contributed by atoms with van der Waals surface area (Å²) in [6.45, 7) is 0. The highest BCUT2D eigenvalue weighted by molar-refractivity contribution is 5.82. The number of aromatic nitrogens is 1. The van der Waals surface area contributed by atoms with Crippen molar-refractivity contribution in [1.82, 2.24) is 0 Å². The molecule has 1 heterocycles. The van der Waals surface area contributed by atoms with Gasteiger partial charge in [-0.15, -0.1) is 0 Å². The van der Waals surface area contributed by atoms with Crippen LogP contribution < -0.4 is 9.47 Å². The van der Waals surface area contributed by atoms with Crippen molar-refractivity contribution in [1.29, 1.82) is 0 Å². The third-order valence-electron chi connectivity index (χ3n) is 3.65. The molecule has 0 N–H and O–H groups in total. The zero-order valence-electron chi connectivity index (χ0n) is 13.2. The second kappa shape index (κ2) is 5.91. The van der Waals surface area contributed by atoms with Crippen LogP contribution in [0.3, 0.4) is 0 Å². The molecule has 0 bridgehead atoms. The third-order valence-corrected chi connectivity index (χ3v) is 3.65. The number of nitrogens with zero attached hydrogens (tertiary/aromatic N) is 2. The lowest BCUT2D eigenvalue weighted by Crippen LogP contribution is -2.25. The number of hydrogen-bond acceptors (Lipinski definition) is 1. The molecule has 1 aromatic heterocycles. The molecule has 0 saturated carbocycles. The van der Waals surface area contributed by atoms with E-state index in [0.29, 0.717) is 0 Å². The average Bonchev–Trinajstić information content (AvgIpc) is 2.53. The van der Waals surface area contributed by atoms with Gasteiger partial charge in [-0.3, -0.25) is 0 Å². The molecule has 2 nitrogen and oxygen atoms in total. The van der Waals surface area contributed by atoms with Gasteiger partial charge >= 0.3 is 0 Å². The summed E-state index contributed by atoms with van der Waals surface area (Å²) in [7, 11) is 6.11. The van der Waals surface area contributed by atoms with Crippen molar-refractivity contribution in [2.75, 3.05) is 19.0 Å². The third kappa shape index (κ3) is 3.10. The van der Waals surface area contributed by atoms with Crippen LogP contribution in [0.25, 0.3) is 10.8 Å². The quantitative estimate of drug-likeness (QED) is 0.493. The molecule has 0 radical (unpaired) electrons. The van der Waals surface area contributed by atoms with E-state index in [9.17, 15) is 0 Å². The summed E-state index contributed by atoms with van der Waals surface area (Å²) in [5.74, 6) is 6.48. The fourth-order valence-electron chi connectivity index (χ4n) is 2.36. The summed E-state index contributed by atoms with van der Waals surface area (Å²) in [6, 6.07) is 16.7. The first kappa shape index (κ1) is 14.2. The molecule has 0 amide bonds. The Hall–Kier alpha value is -2.79. The summed E-state index contributed by atoms with van der Waals surface area (Å²) < 4.78 is 2.06. The summed E-state index contributed by atoms with van der Waals surface area (Å²) in [5, 5.41) is 2.44. The Kier molecular flexibility index (Phi) is 3.80. The summed E-state index contributed by atoms with van der Waals surface area (Å²) in [5.41, 5.74) is 3.26. The lowest BCUT2D eigenvalue weighted by molar-refractivity contribution is -0.670. The topological polar surface area (TPSA) is 7.12 Å². The zero-order valence-corrected chi connectivity index (χ0v) is 13.2. The predicted octanol–water partition coefficient (Wildman–Crippen LogP) is 3.13. The largest absolute Gasteiger partial charge is 0.378 e. The fourth-order valence-corrected chi connectivity index (χ4v) is 2.36. The molecule has 0 saturated heterocycles. The van der Waals surface area contributed by atoms with Crippen LogP contribution in [0.15, 0.2) is 60.9 Å². The Labute approximate surface area is 131 Å². The molecule has 2 aromatic carbocycles. The van der Waals surface area contributed by atoms with Gasteiger partial charge in [-0.2, -0.15) is 0 Å². The number of rotatable bonds is 1. The molecule has 3 aromatic rings. The molecule has 22 heavy (non-hydrogen) atoms. The predicted molar refractivity (Wildman–Crippen MR) is 91.9 cm³/mol. The molecule has 0 atom stereocenters. The number of pyridine rings is 1. The van der Waals surface area contributed by atoms with Crippen molar-refractivity contribution in [2.24, 2.45) is 7.05 Å². The van der Waals surface area contributed by atoms with Gasteiger partial charge in [0.25, 0.3) is 0 Å². The van der Waals surface area contributed by atoms with Gasteiger partial charge < -0.3 is 4.90 Å². The molecule has 0 spiro atoms. The molecule has 0 aliphatic rings. The van der Waals surface area contributed by atoms with Crippen molar-refractivity contribution in [3.05, 3.63) is 72.1 Å². The number of anilines is 1. The Bertz CT molecular complexity index is 866. The van der Waals surface area contributed by atoms with E-state index in [0.717, 1.165) is 11.1 Å². The van der Waals surface area contributed by atoms with Gasteiger partial charge in [-0.1, -0.05) is 11.8 Å². The van der Waals surface area contributed by atoms with Gasteiger partial charge in [0, 0.05) is 42.4 Å². The van der Waals surface area contributed by atoms with Crippen LogP contribution in [0, 0.1) is 11.8 Å². The normalized spacial score (nSPS) is 10.1. The van der Waals surface area contributed by atoms with Crippen LogP contribution in [0.5, 0.6) is 0 Å². The monoisotopic (exact) mass is 287 g/mol. The van der Waals surface area contributed by atoms with Crippen molar-refractivity contribution in [3.63, 3.8) is 0 Å². The summed E-state index contributed by atoms with van der Waals surface area (Å²) in [6.07, 6.45) is 4.17. The molecule has 3 rings (SSSR count). The van der Waals surface area contributed by atoms with Crippen molar-refractivity contribution >= 4 is 16.5 Å². The van der Waals surface area contributed by atoms with Gasteiger partial charge in [0.15, 0.2) is 12.4 Å². The number of benzene rings is 2.